The molecule has 0 radical (unpaired) electrons. The normalized spacial score (nSPS) is 16.2. The van der Waals surface area contributed by atoms with Crippen LogP contribution in [0.4, 0.5) is 0 Å². The Labute approximate surface area is 221 Å². The van der Waals surface area contributed by atoms with E-state index in [1.165, 1.54) is 4.90 Å². The van der Waals surface area contributed by atoms with Crippen LogP contribution in [-0.2, 0) is 20.8 Å². The predicted molar refractivity (Wildman–Crippen MR) is 142 cm³/mol. The maximum atomic E-state index is 13.4. The number of aliphatic carboxylic acids is 1. The summed E-state index contributed by atoms with van der Waals surface area (Å²) in [6.07, 6.45) is 1.71. The first kappa shape index (κ1) is 28.2. The topological polar surface area (TPSA) is 180 Å². The van der Waals surface area contributed by atoms with Crippen LogP contribution < -0.4 is 22.1 Å². The zero-order chi connectivity index (χ0) is 27.5. The maximum Gasteiger partial charge on any atom is 0.326 e. The van der Waals surface area contributed by atoms with E-state index in [-0.39, 0.29) is 31.3 Å². The minimum atomic E-state index is -1.21. The second-order valence-corrected chi connectivity index (χ2v) is 9.12. The van der Waals surface area contributed by atoms with Crippen molar-refractivity contribution in [2.75, 3.05) is 13.1 Å². The number of guanidine groups is 1. The van der Waals surface area contributed by atoms with Crippen molar-refractivity contribution in [3.05, 3.63) is 71.8 Å². The standard InChI is InChI=1S/C27H34N6O5/c28-27(29)30-15-7-13-20(26(37)38)31-23(34)21(17-18-9-3-1-4-10-18)32-24(35)22-14-8-16-33(22)25(36)19-11-5-2-6-12-19/h1-6,9-12,20-22H,7-8,13-17H2,(H,31,34)(H,32,35)(H,37,38)(H4,28,29,30). The molecule has 2 aromatic rings. The van der Waals surface area contributed by atoms with Crippen LogP contribution in [0.5, 0.6) is 0 Å². The number of carbonyl (C=O) groups excluding carboxylic acids is 3. The van der Waals surface area contributed by atoms with E-state index in [0.717, 1.165) is 5.56 Å². The lowest BCUT2D eigenvalue weighted by molar-refractivity contribution is -0.142. The number of nitrogens with one attached hydrogen (secondary N) is 2. The van der Waals surface area contributed by atoms with Gasteiger partial charge in [-0.05, 0) is 43.4 Å². The van der Waals surface area contributed by atoms with Gasteiger partial charge in [0.2, 0.25) is 11.8 Å². The molecule has 7 N–H and O–H groups in total. The third-order valence-corrected chi connectivity index (χ3v) is 6.31. The van der Waals surface area contributed by atoms with Crippen molar-refractivity contribution in [1.29, 1.82) is 0 Å². The summed E-state index contributed by atoms with van der Waals surface area (Å²) in [5, 5.41) is 14.9. The molecular formula is C27H34N6O5. The highest BCUT2D eigenvalue weighted by Gasteiger charge is 2.36. The number of carboxylic acid groups (broad SMARTS) is 1. The summed E-state index contributed by atoms with van der Waals surface area (Å²) in [6.45, 7) is 0.650. The second-order valence-electron chi connectivity index (χ2n) is 9.12. The van der Waals surface area contributed by atoms with E-state index < -0.39 is 35.9 Å². The number of rotatable bonds is 12. The molecule has 1 aliphatic heterocycles. The smallest absolute Gasteiger partial charge is 0.326 e. The number of nitrogens with two attached hydrogens (primary N) is 2. The highest BCUT2D eigenvalue weighted by Crippen LogP contribution is 2.21. The quantitative estimate of drug-likeness (QED) is 0.154. The Hall–Kier alpha value is -4.41. The summed E-state index contributed by atoms with van der Waals surface area (Å²) in [6, 6.07) is 14.8. The van der Waals surface area contributed by atoms with Crippen LogP contribution in [0.1, 0.15) is 41.6 Å². The summed E-state index contributed by atoms with van der Waals surface area (Å²) in [5.41, 5.74) is 11.9. The first-order valence-corrected chi connectivity index (χ1v) is 12.5. The highest BCUT2D eigenvalue weighted by molar-refractivity contribution is 5.99. The van der Waals surface area contributed by atoms with Crippen molar-refractivity contribution in [2.45, 2.75) is 50.2 Å². The minimum Gasteiger partial charge on any atom is -0.480 e. The monoisotopic (exact) mass is 522 g/mol. The lowest BCUT2D eigenvalue weighted by atomic mass is 10.0. The number of carbonyl (C=O) groups is 4. The number of likely N-dealkylation sites (tertiary alicyclic amines) is 1. The molecule has 0 aliphatic carbocycles. The third kappa shape index (κ3) is 8.05. The summed E-state index contributed by atoms with van der Waals surface area (Å²) in [7, 11) is 0. The van der Waals surface area contributed by atoms with Crippen LogP contribution in [0.3, 0.4) is 0 Å². The lowest BCUT2D eigenvalue weighted by Crippen LogP contribution is -2.56. The Morgan fingerprint density at radius 1 is 0.974 bits per heavy atom. The van der Waals surface area contributed by atoms with Gasteiger partial charge in [-0.25, -0.2) is 4.79 Å². The van der Waals surface area contributed by atoms with Gasteiger partial charge in [0, 0.05) is 25.1 Å². The van der Waals surface area contributed by atoms with Crippen molar-refractivity contribution in [3.63, 3.8) is 0 Å². The van der Waals surface area contributed by atoms with E-state index in [4.69, 9.17) is 11.5 Å². The average molecular weight is 523 g/mol. The molecule has 2 aromatic carbocycles. The Balaban J connectivity index is 1.73. The van der Waals surface area contributed by atoms with E-state index in [2.05, 4.69) is 15.6 Å². The summed E-state index contributed by atoms with van der Waals surface area (Å²) >= 11 is 0. The second kappa shape index (κ2) is 13.8. The van der Waals surface area contributed by atoms with Gasteiger partial charge in [0.15, 0.2) is 5.96 Å². The molecule has 3 amide bonds. The molecule has 1 heterocycles. The fraction of sp³-hybridized carbons (Fsp3) is 0.370. The van der Waals surface area contributed by atoms with Gasteiger partial charge in [-0.1, -0.05) is 48.5 Å². The van der Waals surface area contributed by atoms with Gasteiger partial charge in [-0.2, -0.15) is 0 Å². The molecular weight excluding hydrogens is 488 g/mol. The van der Waals surface area contributed by atoms with E-state index in [9.17, 15) is 24.3 Å². The zero-order valence-corrected chi connectivity index (χ0v) is 21.1. The molecule has 38 heavy (non-hydrogen) atoms. The fourth-order valence-corrected chi connectivity index (χ4v) is 4.39. The lowest BCUT2D eigenvalue weighted by Gasteiger charge is -2.27. The fourth-order valence-electron chi connectivity index (χ4n) is 4.39. The Morgan fingerprint density at radius 3 is 2.26 bits per heavy atom. The first-order valence-electron chi connectivity index (χ1n) is 12.5. The molecule has 0 bridgehead atoms. The molecule has 1 aliphatic rings. The van der Waals surface area contributed by atoms with Crippen molar-refractivity contribution in [2.24, 2.45) is 16.5 Å². The van der Waals surface area contributed by atoms with Gasteiger partial charge in [0.1, 0.15) is 18.1 Å². The number of hydrogen-bond acceptors (Lipinski definition) is 5. The van der Waals surface area contributed by atoms with E-state index in [1.807, 2.05) is 36.4 Å². The number of aliphatic imine (C=N–C) groups is 1. The number of carboxylic acids is 1. The molecule has 0 saturated carbocycles. The van der Waals surface area contributed by atoms with Gasteiger partial charge in [0.05, 0.1) is 0 Å². The van der Waals surface area contributed by atoms with Gasteiger partial charge in [0.25, 0.3) is 5.91 Å². The van der Waals surface area contributed by atoms with Crippen LogP contribution in [0.25, 0.3) is 0 Å². The van der Waals surface area contributed by atoms with Gasteiger partial charge in [-0.3, -0.25) is 19.4 Å². The largest absolute Gasteiger partial charge is 0.480 e. The van der Waals surface area contributed by atoms with E-state index in [0.29, 0.717) is 31.4 Å². The molecule has 3 atom stereocenters. The number of hydrogen-bond donors (Lipinski definition) is 5. The molecule has 0 spiro atoms. The number of nitrogens with zero attached hydrogens (tertiary/aromatic N) is 2. The molecule has 202 valence electrons. The Morgan fingerprint density at radius 2 is 1.63 bits per heavy atom. The Bertz CT molecular complexity index is 1140. The SMILES string of the molecule is NC(N)=NCCCC(NC(=O)C(Cc1ccccc1)NC(=O)C1CCCN1C(=O)c1ccccc1)C(=O)O. The number of amides is 3. The minimum absolute atomic E-state index is 0.0988. The van der Waals surface area contributed by atoms with Gasteiger partial charge >= 0.3 is 5.97 Å². The van der Waals surface area contributed by atoms with Gasteiger partial charge < -0.3 is 32.1 Å². The average Bonchev–Trinajstić information content (AvgIpc) is 3.40. The molecule has 1 saturated heterocycles. The van der Waals surface area contributed by atoms with Crippen LogP contribution in [0.2, 0.25) is 0 Å². The van der Waals surface area contributed by atoms with Crippen molar-refractivity contribution < 1.29 is 24.3 Å². The predicted octanol–water partition coefficient (Wildman–Crippen LogP) is 0.642. The summed E-state index contributed by atoms with van der Waals surface area (Å²) in [5.74, 6) is -2.64. The van der Waals surface area contributed by atoms with E-state index >= 15 is 0 Å². The molecule has 3 unspecified atom stereocenters. The molecule has 11 heteroatoms. The molecule has 1 fully saturated rings. The van der Waals surface area contributed by atoms with Crippen molar-refractivity contribution in [1.82, 2.24) is 15.5 Å². The van der Waals surface area contributed by atoms with Crippen molar-refractivity contribution in [3.8, 4) is 0 Å². The van der Waals surface area contributed by atoms with Crippen LogP contribution in [0.15, 0.2) is 65.7 Å². The van der Waals surface area contributed by atoms with Crippen LogP contribution in [0, 0.1) is 0 Å². The van der Waals surface area contributed by atoms with Crippen LogP contribution >= 0.6 is 0 Å². The Kier molecular flexibility index (Phi) is 10.2. The summed E-state index contributed by atoms with van der Waals surface area (Å²) in [4.78, 5) is 56.8. The van der Waals surface area contributed by atoms with Crippen molar-refractivity contribution >= 4 is 29.7 Å². The van der Waals surface area contributed by atoms with Gasteiger partial charge in [-0.15, -0.1) is 0 Å². The first-order chi connectivity index (χ1) is 18.3. The summed E-state index contributed by atoms with van der Waals surface area (Å²) < 4.78 is 0. The maximum absolute atomic E-state index is 13.4. The van der Waals surface area contributed by atoms with Crippen LogP contribution in [-0.4, -0.2) is 70.9 Å². The zero-order valence-electron chi connectivity index (χ0n) is 21.1. The van der Waals surface area contributed by atoms with E-state index in [1.54, 1.807) is 24.3 Å². The number of benzene rings is 2. The third-order valence-electron chi connectivity index (χ3n) is 6.31. The highest BCUT2D eigenvalue weighted by atomic mass is 16.4. The molecule has 0 aromatic heterocycles. The molecule has 3 rings (SSSR count). The molecule has 11 nitrogen and oxygen atoms in total.